The summed E-state index contributed by atoms with van der Waals surface area (Å²) in [6.45, 7) is 7.18. The molecule has 0 bridgehead atoms. The van der Waals surface area contributed by atoms with Gasteiger partial charge in [0, 0.05) is 12.0 Å². The predicted octanol–water partition coefficient (Wildman–Crippen LogP) is 3.64. The Bertz CT molecular complexity index is 675. The zero-order valence-corrected chi connectivity index (χ0v) is 14.4. The summed E-state index contributed by atoms with van der Waals surface area (Å²) in [6, 6.07) is 11.1. The maximum Gasteiger partial charge on any atom is 0.510 e. The molecule has 1 atom stereocenters. The quantitative estimate of drug-likeness (QED) is 0.529. The van der Waals surface area contributed by atoms with Gasteiger partial charge in [-0.2, -0.15) is 5.26 Å². The Morgan fingerprint density at radius 2 is 1.84 bits per heavy atom. The van der Waals surface area contributed by atoms with Gasteiger partial charge in [-0.1, -0.05) is 43.0 Å². The Morgan fingerprint density at radius 1 is 1.20 bits per heavy atom. The summed E-state index contributed by atoms with van der Waals surface area (Å²) in [5, 5.41) is 9.60. The maximum atomic E-state index is 11.8. The van der Waals surface area contributed by atoms with Crippen molar-refractivity contribution in [3.05, 3.63) is 54.1 Å². The standard InChI is InChI=1S/C19H21NO5/c1-4-23-17(21)15(3)13-19(14-20,25-18(22)24-5-2)12-11-16-9-7-6-8-10-16/h6-12H,3-5,13H2,1-2H3/b12-11+. The van der Waals surface area contributed by atoms with Crippen LogP contribution in [0.25, 0.3) is 6.08 Å². The molecule has 25 heavy (non-hydrogen) atoms. The summed E-state index contributed by atoms with van der Waals surface area (Å²) in [5.41, 5.74) is -0.909. The van der Waals surface area contributed by atoms with Crippen molar-refractivity contribution in [1.82, 2.24) is 0 Å². The van der Waals surface area contributed by atoms with Crippen molar-refractivity contribution in [3.63, 3.8) is 0 Å². The number of nitriles is 1. The molecular weight excluding hydrogens is 322 g/mol. The summed E-state index contributed by atoms with van der Waals surface area (Å²) in [4.78, 5) is 23.5. The smallest absolute Gasteiger partial charge is 0.463 e. The highest BCUT2D eigenvalue weighted by atomic mass is 16.7. The van der Waals surface area contributed by atoms with E-state index in [0.717, 1.165) is 5.56 Å². The van der Waals surface area contributed by atoms with E-state index < -0.39 is 17.7 Å². The van der Waals surface area contributed by atoms with Gasteiger partial charge in [0.15, 0.2) is 0 Å². The average Bonchev–Trinajstić information content (AvgIpc) is 2.61. The van der Waals surface area contributed by atoms with Crippen molar-refractivity contribution in [2.75, 3.05) is 13.2 Å². The van der Waals surface area contributed by atoms with Crippen LogP contribution in [-0.2, 0) is 19.0 Å². The highest BCUT2D eigenvalue weighted by Gasteiger charge is 2.35. The van der Waals surface area contributed by atoms with Crippen LogP contribution in [0, 0.1) is 11.3 Å². The molecule has 0 aliphatic rings. The Morgan fingerprint density at radius 3 is 2.40 bits per heavy atom. The van der Waals surface area contributed by atoms with Crippen LogP contribution in [-0.4, -0.2) is 30.9 Å². The molecule has 0 saturated carbocycles. The first-order valence-corrected chi connectivity index (χ1v) is 7.82. The first kappa shape index (κ1) is 20.0. The minimum atomic E-state index is -1.73. The SMILES string of the molecule is C=C(CC(C#N)(/C=C/c1ccccc1)OC(=O)OCC)C(=O)OCC. The van der Waals surface area contributed by atoms with E-state index in [-0.39, 0.29) is 25.2 Å². The minimum Gasteiger partial charge on any atom is -0.463 e. The number of carbonyl (C=O) groups is 2. The van der Waals surface area contributed by atoms with E-state index in [2.05, 4.69) is 6.58 Å². The number of hydrogen-bond acceptors (Lipinski definition) is 6. The number of ether oxygens (including phenoxy) is 3. The van der Waals surface area contributed by atoms with Gasteiger partial charge in [-0.25, -0.2) is 9.59 Å². The van der Waals surface area contributed by atoms with Gasteiger partial charge in [0.1, 0.15) is 6.07 Å². The van der Waals surface area contributed by atoms with Crippen LogP contribution in [0.2, 0.25) is 0 Å². The van der Waals surface area contributed by atoms with Gasteiger partial charge in [0.05, 0.1) is 13.2 Å². The fourth-order valence-electron chi connectivity index (χ4n) is 1.94. The molecule has 0 N–H and O–H groups in total. The molecule has 1 aromatic rings. The molecule has 0 aliphatic heterocycles. The summed E-state index contributed by atoms with van der Waals surface area (Å²) < 4.78 is 14.8. The van der Waals surface area contributed by atoms with E-state index >= 15 is 0 Å². The lowest BCUT2D eigenvalue weighted by Crippen LogP contribution is -2.33. The van der Waals surface area contributed by atoms with Gasteiger partial charge in [-0.3, -0.25) is 0 Å². The van der Waals surface area contributed by atoms with Crippen LogP contribution in [0.15, 0.2) is 48.6 Å². The molecule has 0 aliphatic carbocycles. The number of nitrogens with zero attached hydrogens (tertiary/aromatic N) is 1. The number of esters is 1. The normalized spacial score (nSPS) is 12.7. The van der Waals surface area contributed by atoms with E-state index in [0.29, 0.717) is 0 Å². The van der Waals surface area contributed by atoms with Crippen molar-refractivity contribution in [2.45, 2.75) is 25.9 Å². The predicted molar refractivity (Wildman–Crippen MR) is 92.3 cm³/mol. The fraction of sp³-hybridized carbons (Fsp3) is 0.316. The Kier molecular flexibility index (Phi) is 7.94. The second kappa shape index (κ2) is 9.93. The molecule has 1 rings (SSSR count). The number of rotatable bonds is 8. The van der Waals surface area contributed by atoms with Crippen molar-refractivity contribution < 1.29 is 23.8 Å². The summed E-state index contributed by atoms with van der Waals surface area (Å²) in [7, 11) is 0. The number of carbonyl (C=O) groups excluding carboxylic acids is 2. The van der Waals surface area contributed by atoms with Crippen LogP contribution in [0.1, 0.15) is 25.8 Å². The molecule has 0 heterocycles. The molecule has 132 valence electrons. The number of hydrogen-bond donors (Lipinski definition) is 0. The maximum absolute atomic E-state index is 11.8. The second-order valence-electron chi connectivity index (χ2n) is 5.03. The lowest BCUT2D eigenvalue weighted by Gasteiger charge is -2.23. The van der Waals surface area contributed by atoms with Gasteiger partial charge in [-0.15, -0.1) is 0 Å². The monoisotopic (exact) mass is 343 g/mol. The molecule has 0 radical (unpaired) electrons. The van der Waals surface area contributed by atoms with Gasteiger partial charge in [-0.05, 0) is 25.5 Å². The lowest BCUT2D eigenvalue weighted by atomic mass is 9.95. The first-order valence-electron chi connectivity index (χ1n) is 7.82. The largest absolute Gasteiger partial charge is 0.510 e. The molecule has 0 aromatic heterocycles. The van der Waals surface area contributed by atoms with E-state index in [1.54, 1.807) is 19.9 Å². The first-order chi connectivity index (χ1) is 12.0. The molecule has 0 amide bonds. The zero-order valence-electron chi connectivity index (χ0n) is 14.4. The van der Waals surface area contributed by atoms with E-state index in [9.17, 15) is 14.9 Å². The summed E-state index contributed by atoms with van der Waals surface area (Å²) in [6.07, 6.45) is 1.80. The van der Waals surface area contributed by atoms with Gasteiger partial charge >= 0.3 is 12.1 Å². The van der Waals surface area contributed by atoms with Gasteiger partial charge in [0.2, 0.25) is 5.60 Å². The minimum absolute atomic E-state index is 0.0189. The Labute approximate surface area is 147 Å². The summed E-state index contributed by atoms with van der Waals surface area (Å²) in [5.74, 6) is -0.650. The molecular formula is C19H21NO5. The van der Waals surface area contributed by atoms with Crippen molar-refractivity contribution in [3.8, 4) is 6.07 Å². The third kappa shape index (κ3) is 6.51. The molecule has 6 nitrogen and oxygen atoms in total. The van der Waals surface area contributed by atoms with Gasteiger partial charge in [0.25, 0.3) is 0 Å². The van der Waals surface area contributed by atoms with Crippen LogP contribution in [0.3, 0.4) is 0 Å². The molecule has 1 aromatic carbocycles. The zero-order chi connectivity index (χ0) is 18.7. The lowest BCUT2D eigenvalue weighted by molar-refractivity contribution is -0.139. The van der Waals surface area contributed by atoms with Crippen LogP contribution < -0.4 is 0 Å². The van der Waals surface area contributed by atoms with E-state index in [1.165, 1.54) is 6.08 Å². The molecule has 1 unspecified atom stereocenters. The Hall–Kier alpha value is -3.07. The molecule has 0 fully saturated rings. The molecule has 0 spiro atoms. The van der Waals surface area contributed by atoms with E-state index in [4.69, 9.17) is 14.2 Å². The molecule has 6 heteroatoms. The van der Waals surface area contributed by atoms with Crippen LogP contribution in [0.5, 0.6) is 0 Å². The summed E-state index contributed by atoms with van der Waals surface area (Å²) >= 11 is 0. The topological polar surface area (TPSA) is 85.6 Å². The average molecular weight is 343 g/mol. The highest BCUT2D eigenvalue weighted by molar-refractivity contribution is 5.88. The van der Waals surface area contributed by atoms with E-state index in [1.807, 2.05) is 36.4 Å². The van der Waals surface area contributed by atoms with Crippen molar-refractivity contribution >= 4 is 18.2 Å². The molecule has 0 saturated heterocycles. The third-order valence-corrected chi connectivity index (χ3v) is 3.10. The second-order valence-corrected chi connectivity index (χ2v) is 5.03. The Balaban J connectivity index is 3.08. The fourth-order valence-corrected chi connectivity index (χ4v) is 1.94. The van der Waals surface area contributed by atoms with Crippen molar-refractivity contribution in [2.24, 2.45) is 0 Å². The number of benzene rings is 1. The third-order valence-electron chi connectivity index (χ3n) is 3.10. The van der Waals surface area contributed by atoms with Crippen LogP contribution in [0.4, 0.5) is 4.79 Å². The van der Waals surface area contributed by atoms with Crippen LogP contribution >= 0.6 is 0 Å². The van der Waals surface area contributed by atoms with Crippen molar-refractivity contribution in [1.29, 1.82) is 5.26 Å². The van der Waals surface area contributed by atoms with Gasteiger partial charge < -0.3 is 14.2 Å². The highest BCUT2D eigenvalue weighted by Crippen LogP contribution is 2.25.